The highest BCUT2D eigenvalue weighted by molar-refractivity contribution is 6.07. The van der Waals surface area contributed by atoms with Gasteiger partial charge in [-0.15, -0.1) is 0 Å². The van der Waals surface area contributed by atoms with Gasteiger partial charge in [-0.2, -0.15) is 0 Å². The van der Waals surface area contributed by atoms with Crippen LogP contribution in [0.25, 0.3) is 0 Å². The molecule has 0 bridgehead atoms. The Labute approximate surface area is 139 Å². The van der Waals surface area contributed by atoms with E-state index < -0.39 is 0 Å². The van der Waals surface area contributed by atoms with Crippen molar-refractivity contribution in [2.45, 2.75) is 76.2 Å². The first-order chi connectivity index (χ1) is 11.1. The highest BCUT2D eigenvalue weighted by Gasteiger charge is 2.52. The lowest BCUT2D eigenvalue weighted by Crippen LogP contribution is -2.54. The third kappa shape index (κ3) is 2.05. The first-order valence-electron chi connectivity index (χ1n) is 9.13. The average molecular weight is 313 g/mol. The molecule has 1 spiro atoms. The number of hydrogen-bond acceptors (Lipinski definition) is 2. The van der Waals surface area contributed by atoms with Crippen LogP contribution < -0.4 is 9.64 Å². The summed E-state index contributed by atoms with van der Waals surface area (Å²) in [5, 5.41) is 0. The lowest BCUT2D eigenvalue weighted by molar-refractivity contribution is -0.120. The Kier molecular flexibility index (Phi) is 3.44. The van der Waals surface area contributed by atoms with Crippen molar-refractivity contribution in [3.05, 3.63) is 23.3 Å². The molecule has 3 nitrogen and oxygen atoms in total. The second-order valence-corrected chi connectivity index (χ2v) is 7.79. The van der Waals surface area contributed by atoms with Gasteiger partial charge < -0.3 is 9.64 Å². The summed E-state index contributed by atoms with van der Waals surface area (Å²) in [6.07, 6.45) is 8.58. The second-order valence-electron chi connectivity index (χ2n) is 7.79. The van der Waals surface area contributed by atoms with Crippen molar-refractivity contribution in [2.75, 3.05) is 12.0 Å². The monoisotopic (exact) mass is 313 g/mol. The molecule has 1 saturated carbocycles. The molecule has 3 heteroatoms. The van der Waals surface area contributed by atoms with E-state index in [-0.39, 0.29) is 11.5 Å². The molecule has 2 unspecified atom stereocenters. The van der Waals surface area contributed by atoms with Crippen LogP contribution in [-0.4, -0.2) is 18.6 Å². The molecule has 124 valence electrons. The number of methoxy groups -OCH3 is 1. The number of rotatable bonds is 1. The quantitative estimate of drug-likeness (QED) is 0.749. The van der Waals surface area contributed by atoms with E-state index in [2.05, 4.69) is 30.9 Å². The largest absolute Gasteiger partial charge is 0.497 e. The van der Waals surface area contributed by atoms with Gasteiger partial charge in [0, 0.05) is 5.54 Å². The van der Waals surface area contributed by atoms with E-state index in [1.54, 1.807) is 7.11 Å². The highest BCUT2D eigenvalue weighted by atomic mass is 16.5. The SMILES string of the molecule is COc1cc2c3c(c1)C(C)C(=O)N3C1(CCCCCC1)CC2C. The van der Waals surface area contributed by atoms with Gasteiger partial charge >= 0.3 is 0 Å². The standard InChI is InChI=1S/C20H27NO2/c1-13-12-20(8-6-4-5-7-9-20)21-18-16(13)10-15(23-3)11-17(18)14(2)19(21)22/h10-11,13-14H,4-9,12H2,1-3H3. The number of ether oxygens (including phenoxy) is 1. The molecular weight excluding hydrogens is 286 g/mol. The average Bonchev–Trinajstić information content (AvgIpc) is 2.71. The van der Waals surface area contributed by atoms with Crippen molar-refractivity contribution < 1.29 is 9.53 Å². The summed E-state index contributed by atoms with van der Waals surface area (Å²) in [5.74, 6) is 1.66. The molecule has 1 aromatic carbocycles. The molecule has 0 radical (unpaired) electrons. The summed E-state index contributed by atoms with van der Waals surface area (Å²) in [7, 11) is 1.72. The maximum atomic E-state index is 13.2. The zero-order chi connectivity index (χ0) is 16.2. The number of anilines is 1. The van der Waals surface area contributed by atoms with Crippen LogP contribution in [-0.2, 0) is 4.79 Å². The van der Waals surface area contributed by atoms with Crippen LogP contribution >= 0.6 is 0 Å². The number of nitrogens with zero attached hydrogens (tertiary/aromatic N) is 1. The molecule has 3 aliphatic rings. The molecule has 1 aliphatic carbocycles. The Morgan fingerprint density at radius 3 is 2.39 bits per heavy atom. The zero-order valence-electron chi connectivity index (χ0n) is 14.5. The minimum Gasteiger partial charge on any atom is -0.497 e. The molecule has 2 heterocycles. The number of hydrogen-bond donors (Lipinski definition) is 0. The number of carbonyl (C=O) groups is 1. The van der Waals surface area contributed by atoms with E-state index in [1.165, 1.54) is 55.3 Å². The summed E-state index contributed by atoms with van der Waals surface area (Å²) in [6, 6.07) is 4.25. The summed E-state index contributed by atoms with van der Waals surface area (Å²) in [4.78, 5) is 15.4. The lowest BCUT2D eigenvalue weighted by Gasteiger charge is -2.48. The molecule has 0 saturated heterocycles. The normalized spacial score (nSPS) is 28.7. The molecule has 0 aromatic heterocycles. The molecule has 1 aromatic rings. The molecule has 4 rings (SSSR count). The van der Waals surface area contributed by atoms with Crippen LogP contribution in [0.3, 0.4) is 0 Å². The van der Waals surface area contributed by atoms with Crippen molar-refractivity contribution >= 4 is 11.6 Å². The van der Waals surface area contributed by atoms with E-state index in [0.717, 1.165) is 12.2 Å². The van der Waals surface area contributed by atoms with Gasteiger partial charge in [-0.05, 0) is 55.4 Å². The van der Waals surface area contributed by atoms with Gasteiger partial charge in [0.1, 0.15) is 5.75 Å². The third-order valence-electron chi connectivity index (χ3n) is 6.38. The lowest BCUT2D eigenvalue weighted by atomic mass is 9.74. The number of benzene rings is 1. The maximum Gasteiger partial charge on any atom is 0.234 e. The first-order valence-corrected chi connectivity index (χ1v) is 9.13. The molecule has 23 heavy (non-hydrogen) atoms. The van der Waals surface area contributed by atoms with Crippen LogP contribution in [0.1, 0.15) is 81.8 Å². The predicted molar refractivity (Wildman–Crippen MR) is 92.4 cm³/mol. The first kappa shape index (κ1) is 15.0. The van der Waals surface area contributed by atoms with Gasteiger partial charge in [0.2, 0.25) is 5.91 Å². The van der Waals surface area contributed by atoms with Gasteiger partial charge in [-0.1, -0.05) is 32.6 Å². The Hall–Kier alpha value is -1.51. The van der Waals surface area contributed by atoms with Crippen molar-refractivity contribution in [1.82, 2.24) is 0 Å². The summed E-state index contributed by atoms with van der Waals surface area (Å²) < 4.78 is 5.50. The second kappa shape index (κ2) is 5.25. The minimum absolute atomic E-state index is 0.0377. The van der Waals surface area contributed by atoms with Crippen LogP contribution in [0.5, 0.6) is 5.75 Å². The van der Waals surface area contributed by atoms with Crippen molar-refractivity contribution in [3.63, 3.8) is 0 Å². The topological polar surface area (TPSA) is 29.5 Å². The van der Waals surface area contributed by atoms with Crippen LogP contribution in [0, 0.1) is 0 Å². The van der Waals surface area contributed by atoms with Gasteiger partial charge in [0.25, 0.3) is 0 Å². The molecule has 2 aliphatic heterocycles. The van der Waals surface area contributed by atoms with Gasteiger partial charge in [-0.3, -0.25) is 4.79 Å². The Balaban J connectivity index is 1.90. The molecule has 0 N–H and O–H groups in total. The predicted octanol–water partition coefficient (Wildman–Crippen LogP) is 4.75. The molecule has 1 fully saturated rings. The van der Waals surface area contributed by atoms with E-state index in [9.17, 15) is 4.79 Å². The Morgan fingerprint density at radius 2 is 1.74 bits per heavy atom. The van der Waals surface area contributed by atoms with E-state index in [0.29, 0.717) is 11.8 Å². The van der Waals surface area contributed by atoms with E-state index >= 15 is 0 Å². The van der Waals surface area contributed by atoms with E-state index in [4.69, 9.17) is 4.74 Å². The van der Waals surface area contributed by atoms with E-state index in [1.807, 2.05) is 0 Å². The minimum atomic E-state index is -0.0377. The van der Waals surface area contributed by atoms with Crippen LogP contribution in [0.2, 0.25) is 0 Å². The fraction of sp³-hybridized carbons (Fsp3) is 0.650. The smallest absolute Gasteiger partial charge is 0.234 e. The number of amides is 1. The molecular formula is C20H27NO2. The fourth-order valence-corrected chi connectivity index (χ4v) is 5.23. The summed E-state index contributed by atoms with van der Waals surface area (Å²) >= 11 is 0. The fourth-order valence-electron chi connectivity index (χ4n) is 5.23. The number of carbonyl (C=O) groups excluding carboxylic acids is 1. The van der Waals surface area contributed by atoms with Crippen molar-refractivity contribution in [3.8, 4) is 5.75 Å². The van der Waals surface area contributed by atoms with Crippen LogP contribution in [0.15, 0.2) is 12.1 Å². The summed E-state index contributed by atoms with van der Waals surface area (Å²) in [6.45, 7) is 4.39. The van der Waals surface area contributed by atoms with Crippen molar-refractivity contribution in [1.29, 1.82) is 0 Å². The van der Waals surface area contributed by atoms with Crippen LogP contribution in [0.4, 0.5) is 5.69 Å². The van der Waals surface area contributed by atoms with Gasteiger partial charge in [-0.25, -0.2) is 0 Å². The van der Waals surface area contributed by atoms with Gasteiger partial charge in [0.15, 0.2) is 0 Å². The van der Waals surface area contributed by atoms with Gasteiger partial charge in [0.05, 0.1) is 18.7 Å². The molecule has 1 amide bonds. The third-order valence-corrected chi connectivity index (χ3v) is 6.38. The van der Waals surface area contributed by atoms with Crippen molar-refractivity contribution in [2.24, 2.45) is 0 Å². The Morgan fingerprint density at radius 1 is 1.09 bits per heavy atom. The molecule has 2 atom stereocenters. The maximum absolute atomic E-state index is 13.2. The summed E-state index contributed by atoms with van der Waals surface area (Å²) in [5.41, 5.74) is 3.78. The number of fused-ring (bicyclic) bond motifs is 1. The Bertz CT molecular complexity index is 643. The highest BCUT2D eigenvalue weighted by Crippen LogP contribution is 2.56. The zero-order valence-corrected chi connectivity index (χ0v) is 14.5.